The van der Waals surface area contributed by atoms with Crippen molar-refractivity contribution in [2.45, 2.75) is 45.1 Å². The molecule has 0 spiro atoms. The van der Waals surface area contributed by atoms with Crippen molar-refractivity contribution in [1.29, 1.82) is 0 Å². The molecule has 2 aromatic heterocycles. The molecule has 0 aromatic carbocycles. The van der Waals surface area contributed by atoms with E-state index in [1.54, 1.807) is 12.5 Å². The maximum absolute atomic E-state index is 11.6. The number of carboxylic acid groups (broad SMARTS) is 1. The Hall–Kier alpha value is -2.11. The van der Waals surface area contributed by atoms with Gasteiger partial charge in [-0.3, -0.25) is 0 Å². The van der Waals surface area contributed by atoms with Gasteiger partial charge in [0.1, 0.15) is 11.3 Å². The number of carbonyl (C=O) groups is 1. The molecule has 0 unspecified atom stereocenters. The highest BCUT2D eigenvalue weighted by molar-refractivity contribution is 5.95. The second kappa shape index (κ2) is 4.19. The Bertz CT molecular complexity index is 660. The van der Waals surface area contributed by atoms with Crippen LogP contribution in [0.1, 0.15) is 55.8 Å². The molecule has 6 heteroatoms. The average Bonchev–Trinajstić information content (AvgIpc) is 2.92. The van der Waals surface area contributed by atoms with Gasteiger partial charge in [-0.2, -0.15) is 0 Å². The second-order valence-electron chi connectivity index (χ2n) is 6.21. The quantitative estimate of drug-likeness (QED) is 0.931. The van der Waals surface area contributed by atoms with Crippen molar-refractivity contribution in [3.05, 3.63) is 23.8 Å². The largest absolute Gasteiger partial charge is 0.477 e. The smallest absolute Gasteiger partial charge is 0.341 e. The SMILES string of the molecule is CC(C)(C)c1onc(-c2cncn2C2CC2)c1C(=O)O. The summed E-state index contributed by atoms with van der Waals surface area (Å²) in [5, 5.41) is 13.5. The molecule has 0 bridgehead atoms. The van der Waals surface area contributed by atoms with Gasteiger partial charge in [0.15, 0.2) is 5.76 Å². The first-order chi connectivity index (χ1) is 9.39. The molecule has 20 heavy (non-hydrogen) atoms. The minimum absolute atomic E-state index is 0.139. The van der Waals surface area contributed by atoms with Crippen molar-refractivity contribution in [3.8, 4) is 11.4 Å². The third-order valence-electron chi connectivity index (χ3n) is 3.44. The molecule has 1 saturated carbocycles. The normalized spacial score (nSPS) is 15.6. The first kappa shape index (κ1) is 12.9. The Balaban J connectivity index is 2.16. The van der Waals surface area contributed by atoms with Crippen LogP contribution in [0.15, 0.2) is 17.0 Å². The number of aromatic nitrogens is 3. The lowest BCUT2D eigenvalue weighted by Crippen LogP contribution is -2.15. The van der Waals surface area contributed by atoms with Crippen molar-refractivity contribution in [2.75, 3.05) is 0 Å². The molecule has 2 heterocycles. The van der Waals surface area contributed by atoms with Crippen LogP contribution in [0.5, 0.6) is 0 Å². The summed E-state index contributed by atoms with van der Waals surface area (Å²) < 4.78 is 7.31. The maximum Gasteiger partial charge on any atom is 0.341 e. The summed E-state index contributed by atoms with van der Waals surface area (Å²) in [4.78, 5) is 15.7. The lowest BCUT2D eigenvalue weighted by atomic mass is 9.89. The summed E-state index contributed by atoms with van der Waals surface area (Å²) in [7, 11) is 0. The minimum atomic E-state index is -1.02. The molecule has 3 rings (SSSR count). The fourth-order valence-corrected chi connectivity index (χ4v) is 2.31. The monoisotopic (exact) mass is 275 g/mol. The van der Waals surface area contributed by atoms with E-state index in [4.69, 9.17) is 4.52 Å². The molecule has 0 amide bonds. The van der Waals surface area contributed by atoms with Gasteiger partial charge in [-0.05, 0) is 12.8 Å². The van der Waals surface area contributed by atoms with Crippen molar-refractivity contribution in [3.63, 3.8) is 0 Å². The molecule has 1 N–H and O–H groups in total. The number of hydrogen-bond acceptors (Lipinski definition) is 4. The Morgan fingerprint density at radius 2 is 2.15 bits per heavy atom. The molecule has 0 radical (unpaired) electrons. The van der Waals surface area contributed by atoms with Crippen LogP contribution >= 0.6 is 0 Å². The third kappa shape index (κ3) is 2.01. The van der Waals surface area contributed by atoms with E-state index in [0.29, 0.717) is 23.2 Å². The summed E-state index contributed by atoms with van der Waals surface area (Å²) in [6.45, 7) is 5.71. The van der Waals surface area contributed by atoms with Crippen molar-refractivity contribution >= 4 is 5.97 Å². The standard InChI is InChI=1S/C14H17N3O3/c1-14(2,3)12-10(13(18)19)11(16-20-12)9-6-15-7-17(9)8-4-5-8/h6-8H,4-5H2,1-3H3,(H,18,19). The molecule has 0 aliphatic heterocycles. The van der Waals surface area contributed by atoms with E-state index in [2.05, 4.69) is 10.1 Å². The Morgan fingerprint density at radius 3 is 2.70 bits per heavy atom. The lowest BCUT2D eigenvalue weighted by Gasteiger charge is -2.14. The highest BCUT2D eigenvalue weighted by Crippen LogP contribution is 2.40. The highest BCUT2D eigenvalue weighted by Gasteiger charge is 2.34. The summed E-state index contributed by atoms with van der Waals surface area (Å²) >= 11 is 0. The zero-order valence-electron chi connectivity index (χ0n) is 11.8. The van der Waals surface area contributed by atoms with E-state index in [9.17, 15) is 9.90 Å². The van der Waals surface area contributed by atoms with E-state index in [0.717, 1.165) is 12.8 Å². The van der Waals surface area contributed by atoms with E-state index in [1.165, 1.54) is 0 Å². The predicted molar refractivity (Wildman–Crippen MR) is 71.7 cm³/mol. The molecule has 1 aliphatic carbocycles. The van der Waals surface area contributed by atoms with Gasteiger partial charge < -0.3 is 14.2 Å². The summed E-state index contributed by atoms with van der Waals surface area (Å²) in [6, 6.07) is 0.406. The average molecular weight is 275 g/mol. The number of carboxylic acids is 1. The van der Waals surface area contributed by atoms with Crippen molar-refractivity contribution < 1.29 is 14.4 Å². The van der Waals surface area contributed by atoms with E-state index in [-0.39, 0.29) is 5.56 Å². The van der Waals surface area contributed by atoms with Gasteiger partial charge in [0.05, 0.1) is 18.2 Å². The molecular weight excluding hydrogens is 258 g/mol. The van der Waals surface area contributed by atoms with Gasteiger partial charge in [-0.25, -0.2) is 9.78 Å². The zero-order valence-corrected chi connectivity index (χ0v) is 11.8. The number of rotatable bonds is 3. The number of aromatic carboxylic acids is 1. The summed E-state index contributed by atoms with van der Waals surface area (Å²) in [6.07, 6.45) is 5.56. The molecule has 0 saturated heterocycles. The third-order valence-corrected chi connectivity index (χ3v) is 3.44. The number of imidazole rings is 1. The van der Waals surface area contributed by atoms with Crippen LogP contribution in [0.3, 0.4) is 0 Å². The Morgan fingerprint density at radius 1 is 1.45 bits per heavy atom. The van der Waals surface area contributed by atoms with Crippen LogP contribution in [0.2, 0.25) is 0 Å². The molecule has 6 nitrogen and oxygen atoms in total. The van der Waals surface area contributed by atoms with Gasteiger partial charge >= 0.3 is 5.97 Å². The van der Waals surface area contributed by atoms with Gasteiger partial charge in [0.2, 0.25) is 0 Å². The number of nitrogens with zero attached hydrogens (tertiary/aromatic N) is 3. The predicted octanol–water partition coefficient (Wildman–Crippen LogP) is 2.87. The van der Waals surface area contributed by atoms with E-state index < -0.39 is 11.4 Å². The molecule has 2 aromatic rings. The maximum atomic E-state index is 11.6. The van der Waals surface area contributed by atoms with Crippen LogP contribution in [0, 0.1) is 0 Å². The van der Waals surface area contributed by atoms with Crippen LogP contribution < -0.4 is 0 Å². The minimum Gasteiger partial charge on any atom is -0.477 e. The zero-order chi connectivity index (χ0) is 14.5. The van der Waals surface area contributed by atoms with Crippen LogP contribution in [-0.4, -0.2) is 25.8 Å². The highest BCUT2D eigenvalue weighted by atomic mass is 16.5. The van der Waals surface area contributed by atoms with Crippen LogP contribution in [0.4, 0.5) is 0 Å². The second-order valence-corrected chi connectivity index (χ2v) is 6.21. The summed E-state index contributed by atoms with van der Waals surface area (Å²) in [5.41, 5.74) is 0.805. The molecular formula is C14H17N3O3. The Kier molecular flexibility index (Phi) is 2.70. The van der Waals surface area contributed by atoms with Crippen molar-refractivity contribution in [2.24, 2.45) is 0 Å². The van der Waals surface area contributed by atoms with Gasteiger partial charge in [0.25, 0.3) is 0 Å². The lowest BCUT2D eigenvalue weighted by molar-refractivity contribution is 0.0692. The fourth-order valence-electron chi connectivity index (χ4n) is 2.31. The van der Waals surface area contributed by atoms with E-state index in [1.807, 2.05) is 25.3 Å². The molecule has 0 atom stereocenters. The first-order valence-electron chi connectivity index (χ1n) is 6.65. The van der Waals surface area contributed by atoms with Gasteiger partial charge in [-0.1, -0.05) is 25.9 Å². The van der Waals surface area contributed by atoms with Crippen LogP contribution in [-0.2, 0) is 5.41 Å². The molecule has 106 valence electrons. The number of hydrogen-bond donors (Lipinski definition) is 1. The topological polar surface area (TPSA) is 81.2 Å². The fraction of sp³-hybridized carbons (Fsp3) is 0.500. The van der Waals surface area contributed by atoms with E-state index >= 15 is 0 Å². The molecule has 1 fully saturated rings. The Labute approximate surface area is 116 Å². The van der Waals surface area contributed by atoms with Crippen LogP contribution in [0.25, 0.3) is 11.4 Å². The summed E-state index contributed by atoms with van der Waals surface area (Å²) in [5.74, 6) is -0.627. The molecule has 1 aliphatic rings. The van der Waals surface area contributed by atoms with Gasteiger partial charge in [0, 0.05) is 11.5 Å². The first-order valence-corrected chi connectivity index (χ1v) is 6.65. The van der Waals surface area contributed by atoms with Gasteiger partial charge in [-0.15, -0.1) is 0 Å². The van der Waals surface area contributed by atoms with Crippen molar-refractivity contribution in [1.82, 2.24) is 14.7 Å².